The standard InChI is InChI=1S/C28H34O4Si/c1-19-9-7-8-10-23(19)25-17-21(13-16-24(25)26(29)30)27(32-33(5)6)31-18-20-11-14-22(15-12-20)28(2,3)4/h7-17,27,33H,18H2,1-6H3,(H,29,30). The Hall–Kier alpha value is -2.73. The number of hydrogen-bond acceptors (Lipinski definition) is 3. The van der Waals surface area contributed by atoms with E-state index >= 15 is 0 Å². The van der Waals surface area contributed by atoms with Gasteiger partial charge in [-0.05, 0) is 65.4 Å². The van der Waals surface area contributed by atoms with E-state index in [1.165, 1.54) is 5.56 Å². The SMILES string of the molecule is Cc1ccccc1-c1cc(C(OCc2ccc(C(C)(C)C)cc2)O[SiH](C)C)ccc1C(=O)O. The van der Waals surface area contributed by atoms with E-state index in [1.807, 2.05) is 37.3 Å². The van der Waals surface area contributed by atoms with Gasteiger partial charge in [0.25, 0.3) is 0 Å². The van der Waals surface area contributed by atoms with Gasteiger partial charge in [-0.1, -0.05) is 75.4 Å². The number of rotatable bonds is 8. The van der Waals surface area contributed by atoms with Gasteiger partial charge in [-0.15, -0.1) is 0 Å². The van der Waals surface area contributed by atoms with Gasteiger partial charge in [0.05, 0.1) is 12.2 Å². The Labute approximate surface area is 198 Å². The van der Waals surface area contributed by atoms with E-state index in [2.05, 4.69) is 58.1 Å². The second-order valence-corrected chi connectivity index (χ2v) is 12.1. The summed E-state index contributed by atoms with van der Waals surface area (Å²) in [7, 11) is -1.43. The third-order valence-electron chi connectivity index (χ3n) is 5.60. The molecule has 0 aliphatic rings. The maximum Gasteiger partial charge on any atom is 0.336 e. The monoisotopic (exact) mass is 462 g/mol. The molecule has 0 saturated heterocycles. The van der Waals surface area contributed by atoms with Crippen LogP contribution in [0.15, 0.2) is 66.7 Å². The van der Waals surface area contributed by atoms with Gasteiger partial charge < -0.3 is 14.3 Å². The smallest absolute Gasteiger partial charge is 0.336 e. The molecule has 4 nitrogen and oxygen atoms in total. The zero-order valence-electron chi connectivity index (χ0n) is 20.4. The van der Waals surface area contributed by atoms with Crippen molar-refractivity contribution in [1.82, 2.24) is 0 Å². The highest BCUT2D eigenvalue weighted by atomic mass is 28.3. The van der Waals surface area contributed by atoms with Gasteiger partial charge in [0.1, 0.15) is 0 Å². The number of carbonyl (C=O) groups is 1. The molecule has 1 unspecified atom stereocenters. The molecular weight excluding hydrogens is 428 g/mol. The van der Waals surface area contributed by atoms with Crippen molar-refractivity contribution in [2.24, 2.45) is 0 Å². The first-order valence-electron chi connectivity index (χ1n) is 11.4. The summed E-state index contributed by atoms with van der Waals surface area (Å²) in [4.78, 5) is 11.9. The Balaban J connectivity index is 1.91. The van der Waals surface area contributed by atoms with Crippen LogP contribution in [-0.4, -0.2) is 20.1 Å². The van der Waals surface area contributed by atoms with E-state index in [4.69, 9.17) is 9.16 Å². The molecule has 0 aliphatic carbocycles. The van der Waals surface area contributed by atoms with Gasteiger partial charge >= 0.3 is 5.97 Å². The summed E-state index contributed by atoms with van der Waals surface area (Å²) in [6.45, 7) is 13.2. The summed E-state index contributed by atoms with van der Waals surface area (Å²) in [6, 6.07) is 21.6. The number of aromatic carboxylic acids is 1. The van der Waals surface area contributed by atoms with Crippen molar-refractivity contribution in [1.29, 1.82) is 0 Å². The summed E-state index contributed by atoms with van der Waals surface area (Å²) < 4.78 is 12.5. The summed E-state index contributed by atoms with van der Waals surface area (Å²) in [6.07, 6.45) is -0.551. The molecule has 0 spiro atoms. The second kappa shape index (κ2) is 10.5. The fraction of sp³-hybridized carbons (Fsp3) is 0.321. The molecule has 1 N–H and O–H groups in total. The fourth-order valence-corrected chi connectivity index (χ4v) is 4.46. The first-order valence-corrected chi connectivity index (χ1v) is 14.1. The van der Waals surface area contributed by atoms with Gasteiger partial charge in [-0.2, -0.15) is 0 Å². The molecule has 0 amide bonds. The van der Waals surface area contributed by atoms with E-state index in [-0.39, 0.29) is 11.0 Å². The van der Waals surface area contributed by atoms with Crippen molar-refractivity contribution < 1.29 is 19.1 Å². The first-order chi connectivity index (χ1) is 15.6. The molecule has 174 valence electrons. The number of carboxylic acid groups (broad SMARTS) is 1. The van der Waals surface area contributed by atoms with Crippen molar-refractivity contribution in [3.05, 3.63) is 94.5 Å². The fourth-order valence-electron chi connectivity index (χ4n) is 3.73. The van der Waals surface area contributed by atoms with Gasteiger partial charge in [0, 0.05) is 5.56 Å². The van der Waals surface area contributed by atoms with Crippen LogP contribution in [0.5, 0.6) is 0 Å². The number of hydrogen-bond donors (Lipinski definition) is 1. The highest BCUT2D eigenvalue weighted by molar-refractivity contribution is 6.48. The molecule has 3 rings (SSSR count). The quantitative estimate of drug-likeness (QED) is 0.293. The molecule has 33 heavy (non-hydrogen) atoms. The minimum absolute atomic E-state index is 0.103. The van der Waals surface area contributed by atoms with Gasteiger partial charge in [0.15, 0.2) is 15.3 Å². The van der Waals surface area contributed by atoms with Gasteiger partial charge in [0.2, 0.25) is 0 Å². The molecule has 0 bridgehead atoms. The Morgan fingerprint density at radius 2 is 1.64 bits per heavy atom. The average Bonchev–Trinajstić information content (AvgIpc) is 2.76. The summed E-state index contributed by atoms with van der Waals surface area (Å²) in [5, 5.41) is 9.77. The second-order valence-electron chi connectivity index (χ2n) is 9.70. The van der Waals surface area contributed by atoms with Crippen LogP contribution in [-0.2, 0) is 21.2 Å². The van der Waals surface area contributed by atoms with Crippen molar-refractivity contribution in [2.75, 3.05) is 0 Å². The van der Waals surface area contributed by atoms with E-state index in [1.54, 1.807) is 12.1 Å². The Kier molecular flexibility index (Phi) is 7.90. The molecule has 0 fully saturated rings. The lowest BCUT2D eigenvalue weighted by atomic mass is 9.87. The highest BCUT2D eigenvalue weighted by Crippen LogP contribution is 2.32. The van der Waals surface area contributed by atoms with Crippen LogP contribution < -0.4 is 0 Å². The zero-order valence-corrected chi connectivity index (χ0v) is 21.5. The van der Waals surface area contributed by atoms with Crippen LogP contribution in [0.25, 0.3) is 11.1 Å². The van der Waals surface area contributed by atoms with Crippen LogP contribution in [0.1, 0.15) is 59.7 Å². The minimum Gasteiger partial charge on any atom is -0.478 e. The molecule has 5 heteroatoms. The van der Waals surface area contributed by atoms with Crippen LogP contribution in [0.3, 0.4) is 0 Å². The first kappa shape index (κ1) is 24.9. The Morgan fingerprint density at radius 3 is 2.21 bits per heavy atom. The molecule has 0 aliphatic heterocycles. The van der Waals surface area contributed by atoms with E-state index < -0.39 is 21.3 Å². The third-order valence-corrected chi connectivity index (χ3v) is 6.39. The molecule has 1 atom stereocenters. The average molecular weight is 463 g/mol. The van der Waals surface area contributed by atoms with Crippen molar-refractivity contribution in [3.63, 3.8) is 0 Å². The maximum atomic E-state index is 11.9. The molecule has 0 aromatic heterocycles. The van der Waals surface area contributed by atoms with Gasteiger partial charge in [-0.25, -0.2) is 4.79 Å². The van der Waals surface area contributed by atoms with E-state index in [0.29, 0.717) is 12.2 Å². The highest BCUT2D eigenvalue weighted by Gasteiger charge is 2.20. The normalized spacial score (nSPS) is 12.7. The molecule has 3 aromatic rings. The summed E-state index contributed by atoms with van der Waals surface area (Å²) >= 11 is 0. The third kappa shape index (κ3) is 6.41. The van der Waals surface area contributed by atoms with Crippen molar-refractivity contribution in [2.45, 2.75) is 59.1 Å². The van der Waals surface area contributed by atoms with Crippen LogP contribution in [0.4, 0.5) is 0 Å². The predicted octanol–water partition coefficient (Wildman–Crippen LogP) is 6.87. The number of aryl methyl sites for hydroxylation is 1. The molecule has 0 saturated carbocycles. The largest absolute Gasteiger partial charge is 0.478 e. The Morgan fingerprint density at radius 1 is 0.970 bits per heavy atom. The van der Waals surface area contributed by atoms with Crippen molar-refractivity contribution >= 4 is 15.0 Å². The minimum atomic E-state index is -1.43. The topological polar surface area (TPSA) is 55.8 Å². The molecular formula is C28H34O4Si. The van der Waals surface area contributed by atoms with Crippen LogP contribution >= 0.6 is 0 Å². The molecule has 0 radical (unpaired) electrons. The summed E-state index contributed by atoms with van der Waals surface area (Å²) in [5.74, 6) is -0.949. The molecule has 0 heterocycles. The zero-order chi connectivity index (χ0) is 24.2. The lowest BCUT2D eigenvalue weighted by molar-refractivity contribution is -0.0949. The number of carboxylic acids is 1. The summed E-state index contributed by atoms with van der Waals surface area (Å²) in [5.41, 5.74) is 6.14. The van der Waals surface area contributed by atoms with E-state index in [0.717, 1.165) is 22.3 Å². The maximum absolute atomic E-state index is 11.9. The van der Waals surface area contributed by atoms with E-state index in [9.17, 15) is 9.90 Å². The predicted molar refractivity (Wildman–Crippen MR) is 136 cm³/mol. The molecule has 3 aromatic carbocycles. The van der Waals surface area contributed by atoms with Gasteiger partial charge in [-0.3, -0.25) is 0 Å². The van der Waals surface area contributed by atoms with Crippen LogP contribution in [0.2, 0.25) is 13.1 Å². The Bertz CT molecular complexity index is 1100. The lowest BCUT2D eigenvalue weighted by Gasteiger charge is -2.23. The number of benzene rings is 3. The van der Waals surface area contributed by atoms with Crippen molar-refractivity contribution in [3.8, 4) is 11.1 Å². The number of ether oxygens (including phenoxy) is 1. The lowest BCUT2D eigenvalue weighted by Crippen LogP contribution is -2.17. The van der Waals surface area contributed by atoms with Crippen LogP contribution in [0, 0.1) is 6.92 Å².